The zero-order valence-electron chi connectivity index (χ0n) is 18.0. The molecule has 2 nitrogen and oxygen atoms in total. The maximum absolute atomic E-state index is 11.5. The Hall–Kier alpha value is -2.94. The summed E-state index contributed by atoms with van der Waals surface area (Å²) in [5.41, 5.74) is 4.70. The predicted molar refractivity (Wildman–Crippen MR) is 137 cm³/mol. The number of aryl methyl sites for hydroxylation is 2. The Labute approximate surface area is 202 Å². The summed E-state index contributed by atoms with van der Waals surface area (Å²) in [6.07, 6.45) is 6.87. The molecule has 0 unspecified atom stereocenters. The van der Waals surface area contributed by atoms with Gasteiger partial charge in [-0.15, -0.1) is 0 Å². The average molecular weight is 473 g/mol. The fourth-order valence-corrected chi connectivity index (χ4v) is 5.40. The summed E-state index contributed by atoms with van der Waals surface area (Å²) in [7, 11) is 0. The molecule has 0 radical (unpaired) electrons. The van der Waals surface area contributed by atoms with E-state index < -0.39 is 5.24 Å². The summed E-state index contributed by atoms with van der Waals surface area (Å²) in [4.78, 5) is 22.5. The second-order valence-corrected chi connectivity index (χ2v) is 9.22. The lowest BCUT2D eigenvalue weighted by Gasteiger charge is -2.19. The third kappa shape index (κ3) is 4.10. The zero-order valence-corrected chi connectivity index (χ0v) is 19.5. The summed E-state index contributed by atoms with van der Waals surface area (Å²) in [6, 6.07) is 22.2. The third-order valence-corrected chi connectivity index (χ3v) is 7.06. The van der Waals surface area contributed by atoms with Crippen LogP contribution in [0.1, 0.15) is 46.3 Å². The molecule has 0 saturated heterocycles. The van der Waals surface area contributed by atoms with Crippen LogP contribution in [0.3, 0.4) is 0 Å². The number of allylic oxidation sites excluding steroid dienone is 2. The highest BCUT2D eigenvalue weighted by Crippen LogP contribution is 2.36. The van der Waals surface area contributed by atoms with Crippen molar-refractivity contribution < 1.29 is 9.59 Å². The van der Waals surface area contributed by atoms with Crippen molar-refractivity contribution >= 4 is 61.3 Å². The van der Waals surface area contributed by atoms with E-state index in [1.54, 1.807) is 30.3 Å². The number of halogens is 2. The third-order valence-electron chi connectivity index (χ3n) is 6.54. The van der Waals surface area contributed by atoms with Gasteiger partial charge in [0.1, 0.15) is 0 Å². The van der Waals surface area contributed by atoms with Gasteiger partial charge in [0.25, 0.3) is 5.24 Å². The molecular weight excluding hydrogens is 451 g/mol. The average Bonchev–Trinajstić information content (AvgIpc) is 2.85. The van der Waals surface area contributed by atoms with Crippen LogP contribution in [-0.2, 0) is 17.6 Å². The van der Waals surface area contributed by atoms with Crippen molar-refractivity contribution in [1.82, 2.24) is 0 Å². The summed E-state index contributed by atoms with van der Waals surface area (Å²) in [6.45, 7) is 0. The molecule has 0 N–H and O–H groups in total. The Morgan fingerprint density at radius 2 is 1.42 bits per heavy atom. The molecule has 6 rings (SSSR count). The molecule has 0 aliphatic heterocycles. The lowest BCUT2D eigenvalue weighted by molar-refractivity contribution is -0.106. The Morgan fingerprint density at radius 1 is 0.758 bits per heavy atom. The van der Waals surface area contributed by atoms with Crippen LogP contribution in [0, 0.1) is 0 Å². The first-order valence-electron chi connectivity index (χ1n) is 11.2. The molecular formula is C29H22Cl2O2. The standard InChI is InChI=1S/C18H15Cl.C11H7ClO2/c19-18-11-17-13-6-2-1-5-12(13)9-10-15(17)14-7-3-4-8-16(14)18;12-11(14)9-5-6-10(13)8-4-2-1-3-7(8)9/h3-4,7-11H,1-2,5-6H2;1-5H,6H2. The van der Waals surface area contributed by atoms with Crippen molar-refractivity contribution in [3.8, 4) is 0 Å². The van der Waals surface area contributed by atoms with Crippen LogP contribution in [0.4, 0.5) is 0 Å². The van der Waals surface area contributed by atoms with E-state index in [9.17, 15) is 9.59 Å². The van der Waals surface area contributed by atoms with Gasteiger partial charge in [-0.2, -0.15) is 0 Å². The van der Waals surface area contributed by atoms with Gasteiger partial charge in [-0.05, 0) is 76.2 Å². The molecule has 0 atom stereocenters. The molecule has 0 aromatic heterocycles. The largest absolute Gasteiger partial charge is 0.294 e. The minimum Gasteiger partial charge on any atom is -0.294 e. The van der Waals surface area contributed by atoms with E-state index in [0.29, 0.717) is 16.7 Å². The quantitative estimate of drug-likeness (QED) is 0.208. The van der Waals surface area contributed by atoms with E-state index in [1.807, 2.05) is 0 Å². The van der Waals surface area contributed by atoms with Gasteiger partial charge in [0.2, 0.25) is 0 Å². The Bertz CT molecular complexity index is 1450. The summed E-state index contributed by atoms with van der Waals surface area (Å²) < 4.78 is 0. The van der Waals surface area contributed by atoms with E-state index in [1.165, 1.54) is 53.0 Å². The first-order chi connectivity index (χ1) is 16.0. The molecule has 0 spiro atoms. The Morgan fingerprint density at radius 3 is 2.21 bits per heavy atom. The van der Waals surface area contributed by atoms with Crippen LogP contribution in [-0.4, -0.2) is 11.0 Å². The molecule has 2 aliphatic rings. The fraction of sp³-hybridized carbons (Fsp3) is 0.172. The number of ketones is 1. The van der Waals surface area contributed by atoms with Crippen LogP contribution in [0.15, 0.2) is 72.8 Å². The Balaban J connectivity index is 0.000000146. The maximum Gasteiger partial charge on any atom is 0.252 e. The number of hydrogen-bond donors (Lipinski definition) is 0. The van der Waals surface area contributed by atoms with Gasteiger partial charge in [-0.3, -0.25) is 9.59 Å². The van der Waals surface area contributed by atoms with Crippen molar-refractivity contribution in [2.45, 2.75) is 32.1 Å². The smallest absolute Gasteiger partial charge is 0.252 e. The maximum atomic E-state index is 11.5. The van der Waals surface area contributed by atoms with Crippen molar-refractivity contribution in [1.29, 1.82) is 0 Å². The summed E-state index contributed by atoms with van der Waals surface area (Å²) >= 11 is 11.9. The highest BCUT2D eigenvalue weighted by Gasteiger charge is 2.21. The van der Waals surface area contributed by atoms with E-state index in [4.69, 9.17) is 23.2 Å². The number of carbonyl (C=O) groups is 2. The van der Waals surface area contributed by atoms with Crippen molar-refractivity contribution in [2.24, 2.45) is 0 Å². The van der Waals surface area contributed by atoms with Gasteiger partial charge in [-0.25, -0.2) is 0 Å². The SMILES string of the molecule is Clc1cc2c3c(ccc2c2ccccc12)CCCC3.O=C(Cl)C1=CCC(=O)c2ccccc21. The number of Topliss-reactive ketones (excluding diaryl/α,β-unsaturated/α-hetero) is 1. The number of hydrogen-bond acceptors (Lipinski definition) is 2. The molecule has 4 heteroatoms. The van der Waals surface area contributed by atoms with Gasteiger partial charge in [0.15, 0.2) is 5.78 Å². The number of fused-ring (bicyclic) bond motifs is 6. The van der Waals surface area contributed by atoms with Gasteiger partial charge >= 0.3 is 0 Å². The van der Waals surface area contributed by atoms with Crippen LogP contribution in [0.2, 0.25) is 5.02 Å². The first kappa shape index (κ1) is 21.9. The van der Waals surface area contributed by atoms with Crippen molar-refractivity contribution in [3.05, 3.63) is 100 Å². The van der Waals surface area contributed by atoms with Gasteiger partial charge in [-0.1, -0.05) is 78.3 Å². The van der Waals surface area contributed by atoms with Crippen LogP contribution in [0.25, 0.3) is 27.1 Å². The van der Waals surface area contributed by atoms with Crippen LogP contribution >= 0.6 is 23.2 Å². The molecule has 2 aliphatic carbocycles. The summed E-state index contributed by atoms with van der Waals surface area (Å²) in [5.74, 6) is 0.0299. The Kier molecular flexibility index (Phi) is 6.05. The monoisotopic (exact) mass is 472 g/mol. The normalized spacial score (nSPS) is 14.7. The molecule has 0 amide bonds. The lowest BCUT2D eigenvalue weighted by atomic mass is 9.86. The highest BCUT2D eigenvalue weighted by molar-refractivity contribution is 6.74. The fourth-order valence-electron chi connectivity index (χ4n) is 4.95. The molecule has 164 valence electrons. The number of rotatable bonds is 1. The molecule has 0 heterocycles. The lowest BCUT2D eigenvalue weighted by Crippen LogP contribution is -2.10. The van der Waals surface area contributed by atoms with Crippen molar-refractivity contribution in [2.75, 3.05) is 0 Å². The minimum atomic E-state index is -0.509. The van der Waals surface area contributed by atoms with Gasteiger partial charge in [0.05, 0.1) is 0 Å². The van der Waals surface area contributed by atoms with E-state index in [-0.39, 0.29) is 12.2 Å². The minimum absolute atomic E-state index is 0.0299. The molecule has 33 heavy (non-hydrogen) atoms. The number of benzene rings is 4. The topological polar surface area (TPSA) is 34.1 Å². The second-order valence-electron chi connectivity index (χ2n) is 8.47. The molecule has 0 fully saturated rings. The molecule has 4 aromatic carbocycles. The molecule has 4 aromatic rings. The van der Waals surface area contributed by atoms with E-state index in [2.05, 4.69) is 42.5 Å². The van der Waals surface area contributed by atoms with E-state index in [0.717, 1.165) is 10.4 Å². The second kappa shape index (κ2) is 9.13. The van der Waals surface area contributed by atoms with Crippen LogP contribution < -0.4 is 0 Å². The van der Waals surface area contributed by atoms with Crippen molar-refractivity contribution in [3.63, 3.8) is 0 Å². The van der Waals surface area contributed by atoms with Gasteiger partial charge < -0.3 is 0 Å². The highest BCUT2D eigenvalue weighted by atomic mass is 35.5. The van der Waals surface area contributed by atoms with Crippen LogP contribution in [0.5, 0.6) is 0 Å². The number of carbonyl (C=O) groups excluding carboxylic acids is 2. The molecule has 0 saturated carbocycles. The first-order valence-corrected chi connectivity index (χ1v) is 11.9. The zero-order chi connectivity index (χ0) is 22.9. The predicted octanol–water partition coefficient (Wildman–Crippen LogP) is 7.95. The summed E-state index contributed by atoms with van der Waals surface area (Å²) in [5, 5.41) is 5.51. The molecule has 0 bridgehead atoms. The van der Waals surface area contributed by atoms with E-state index >= 15 is 0 Å². The van der Waals surface area contributed by atoms with Gasteiger partial charge in [0, 0.05) is 28.0 Å².